The van der Waals surface area contributed by atoms with E-state index < -0.39 is 0 Å². The molecule has 34 heavy (non-hydrogen) atoms. The predicted molar refractivity (Wildman–Crippen MR) is 130 cm³/mol. The van der Waals surface area contributed by atoms with E-state index in [1.807, 2.05) is 6.07 Å². The molecule has 0 bridgehead atoms. The Bertz CT molecular complexity index is 1500. The number of imidazole rings is 1. The van der Waals surface area contributed by atoms with Crippen LogP contribution in [-0.2, 0) is 13.2 Å². The van der Waals surface area contributed by atoms with E-state index in [-0.39, 0.29) is 5.82 Å². The van der Waals surface area contributed by atoms with Crippen LogP contribution in [0, 0.1) is 17.1 Å². The molecule has 0 radical (unpaired) electrons. The minimum absolute atomic E-state index is 0.321. The number of benzene rings is 3. The fourth-order valence-electron chi connectivity index (χ4n) is 5.11. The zero-order valence-electron chi connectivity index (χ0n) is 19.0. The van der Waals surface area contributed by atoms with Gasteiger partial charge in [-0.1, -0.05) is 30.7 Å². The zero-order valence-corrected chi connectivity index (χ0v) is 19.0. The van der Waals surface area contributed by atoms with Gasteiger partial charge < -0.3 is 9.30 Å². The van der Waals surface area contributed by atoms with Gasteiger partial charge in [-0.05, 0) is 66.8 Å². The number of aromatic nitrogens is 2. The van der Waals surface area contributed by atoms with E-state index in [9.17, 15) is 9.65 Å². The van der Waals surface area contributed by atoms with E-state index in [0.717, 1.165) is 45.4 Å². The Morgan fingerprint density at radius 2 is 1.94 bits per heavy atom. The number of allylic oxidation sites excluding steroid dienone is 1. The molecule has 2 aliphatic rings. The minimum Gasteiger partial charge on any atom is -0.488 e. The molecule has 3 aromatic carbocycles. The van der Waals surface area contributed by atoms with Gasteiger partial charge in [0, 0.05) is 35.2 Å². The molecule has 4 nitrogen and oxygen atoms in total. The van der Waals surface area contributed by atoms with Crippen LogP contribution in [0.1, 0.15) is 60.2 Å². The Morgan fingerprint density at radius 3 is 2.74 bits per heavy atom. The standard InChI is InChI=1S/C29H24FN3O/c1-18(15-31)28-23-11-9-19(13-21(23)17-34-27-14-22(30)10-12-24(27)28)16-33-26-8-3-2-7-25(26)32-29(33)20-5-4-6-20/h2-3,7-14,20H,4-6,16-17H2,1H3/b28-18+. The maximum atomic E-state index is 13.9. The van der Waals surface area contributed by atoms with Gasteiger partial charge in [-0.15, -0.1) is 0 Å². The number of halogens is 1. The number of fused-ring (bicyclic) bond motifs is 3. The fraction of sp³-hybridized carbons (Fsp3) is 0.241. The second-order valence-electron chi connectivity index (χ2n) is 9.21. The van der Waals surface area contributed by atoms with Crippen LogP contribution in [0.4, 0.5) is 4.39 Å². The number of hydrogen-bond acceptors (Lipinski definition) is 3. The van der Waals surface area contributed by atoms with Gasteiger partial charge in [0.15, 0.2) is 0 Å². The van der Waals surface area contributed by atoms with Gasteiger partial charge in [-0.25, -0.2) is 9.37 Å². The highest BCUT2D eigenvalue weighted by molar-refractivity contribution is 5.88. The maximum absolute atomic E-state index is 13.9. The van der Waals surface area contributed by atoms with Crippen molar-refractivity contribution in [1.82, 2.24) is 9.55 Å². The highest BCUT2D eigenvalue weighted by atomic mass is 19.1. The first-order valence-electron chi connectivity index (χ1n) is 11.7. The number of rotatable bonds is 3. The van der Waals surface area contributed by atoms with Crippen LogP contribution in [0.2, 0.25) is 0 Å². The van der Waals surface area contributed by atoms with Crippen LogP contribution in [0.5, 0.6) is 5.75 Å². The molecule has 0 atom stereocenters. The van der Waals surface area contributed by atoms with Gasteiger partial charge in [0.25, 0.3) is 0 Å². The van der Waals surface area contributed by atoms with Crippen LogP contribution in [0.15, 0.2) is 66.2 Å². The van der Waals surface area contributed by atoms with E-state index in [0.29, 0.717) is 23.8 Å². The summed E-state index contributed by atoms with van der Waals surface area (Å²) < 4.78 is 22.3. The number of nitriles is 1. The van der Waals surface area contributed by atoms with Gasteiger partial charge in [-0.3, -0.25) is 0 Å². The van der Waals surface area contributed by atoms with Crippen LogP contribution in [0.25, 0.3) is 16.6 Å². The molecular formula is C29H24FN3O. The van der Waals surface area contributed by atoms with Crippen molar-refractivity contribution in [3.63, 3.8) is 0 Å². The molecule has 0 spiro atoms. The third kappa shape index (κ3) is 3.38. The van der Waals surface area contributed by atoms with E-state index in [2.05, 4.69) is 47.0 Å². The molecule has 1 fully saturated rings. The van der Waals surface area contributed by atoms with Crippen LogP contribution >= 0.6 is 0 Å². The smallest absolute Gasteiger partial charge is 0.130 e. The normalized spacial score (nSPS) is 16.6. The number of nitrogens with zero attached hydrogens (tertiary/aromatic N) is 3. The summed E-state index contributed by atoms with van der Waals surface area (Å²) in [5.41, 5.74) is 7.43. The monoisotopic (exact) mass is 449 g/mol. The van der Waals surface area contributed by atoms with Gasteiger partial charge in [0.1, 0.15) is 24.0 Å². The summed E-state index contributed by atoms with van der Waals surface area (Å²) in [7, 11) is 0. The second kappa shape index (κ2) is 8.14. The molecule has 1 aliphatic heterocycles. The Labute approximate surface area is 197 Å². The molecule has 0 saturated heterocycles. The molecule has 1 aliphatic carbocycles. The third-order valence-corrected chi connectivity index (χ3v) is 7.07. The molecule has 6 rings (SSSR count). The Hall–Kier alpha value is -3.91. The summed E-state index contributed by atoms with van der Waals surface area (Å²) in [5.74, 6) is 1.81. The first-order chi connectivity index (χ1) is 16.6. The Kier molecular flexibility index (Phi) is 4.95. The molecule has 0 amide bonds. The quantitative estimate of drug-likeness (QED) is 0.326. The lowest BCUT2D eigenvalue weighted by Gasteiger charge is -2.26. The number of ether oxygens (including phenoxy) is 1. The Morgan fingerprint density at radius 1 is 1.12 bits per heavy atom. The first-order valence-corrected chi connectivity index (χ1v) is 11.7. The Balaban J connectivity index is 1.44. The summed E-state index contributed by atoms with van der Waals surface area (Å²) in [4.78, 5) is 4.97. The first kappa shape index (κ1) is 20.7. The van der Waals surface area contributed by atoms with E-state index >= 15 is 0 Å². The average molecular weight is 450 g/mol. The van der Waals surface area contributed by atoms with Gasteiger partial charge >= 0.3 is 0 Å². The molecule has 168 valence electrons. The molecular weight excluding hydrogens is 425 g/mol. The lowest BCUT2D eigenvalue weighted by atomic mass is 9.84. The molecule has 0 unspecified atom stereocenters. The summed E-state index contributed by atoms with van der Waals surface area (Å²) >= 11 is 0. The lowest BCUT2D eigenvalue weighted by Crippen LogP contribution is -2.16. The minimum atomic E-state index is -0.352. The maximum Gasteiger partial charge on any atom is 0.130 e. The molecule has 0 N–H and O–H groups in total. The fourth-order valence-corrected chi connectivity index (χ4v) is 5.11. The van der Waals surface area contributed by atoms with Crippen molar-refractivity contribution >= 4 is 16.6 Å². The summed E-state index contributed by atoms with van der Waals surface area (Å²) in [6.07, 6.45) is 3.65. The van der Waals surface area contributed by atoms with Crippen molar-refractivity contribution in [2.45, 2.75) is 45.3 Å². The predicted octanol–water partition coefficient (Wildman–Crippen LogP) is 6.73. The second-order valence-corrected chi connectivity index (χ2v) is 9.21. The highest BCUT2D eigenvalue weighted by Crippen LogP contribution is 2.40. The molecule has 4 aromatic rings. The summed E-state index contributed by atoms with van der Waals surface area (Å²) in [6, 6.07) is 21.5. The molecule has 5 heteroatoms. The van der Waals surface area contributed by atoms with E-state index in [1.54, 1.807) is 13.0 Å². The van der Waals surface area contributed by atoms with Crippen molar-refractivity contribution < 1.29 is 9.13 Å². The van der Waals surface area contributed by atoms with Crippen LogP contribution in [-0.4, -0.2) is 9.55 Å². The van der Waals surface area contributed by atoms with Crippen molar-refractivity contribution in [2.24, 2.45) is 0 Å². The third-order valence-electron chi connectivity index (χ3n) is 7.07. The van der Waals surface area contributed by atoms with Crippen molar-refractivity contribution in [1.29, 1.82) is 5.26 Å². The van der Waals surface area contributed by atoms with Crippen molar-refractivity contribution in [3.05, 3.63) is 100 Å². The lowest BCUT2D eigenvalue weighted by molar-refractivity contribution is 0.305. The molecule has 1 saturated carbocycles. The number of hydrogen-bond donors (Lipinski definition) is 0. The van der Waals surface area contributed by atoms with Gasteiger partial charge in [0.2, 0.25) is 0 Å². The molecule has 2 heterocycles. The topological polar surface area (TPSA) is 50.8 Å². The molecule has 1 aromatic heterocycles. The summed E-state index contributed by atoms with van der Waals surface area (Å²) in [6.45, 7) is 2.84. The largest absolute Gasteiger partial charge is 0.488 e. The highest BCUT2D eigenvalue weighted by Gasteiger charge is 2.26. The zero-order chi connectivity index (χ0) is 23.2. The van der Waals surface area contributed by atoms with Crippen LogP contribution < -0.4 is 4.74 Å². The van der Waals surface area contributed by atoms with E-state index in [1.165, 1.54) is 37.2 Å². The van der Waals surface area contributed by atoms with E-state index in [4.69, 9.17) is 9.72 Å². The van der Waals surface area contributed by atoms with Crippen molar-refractivity contribution in [3.8, 4) is 11.8 Å². The van der Waals surface area contributed by atoms with Gasteiger partial charge in [0.05, 0.1) is 17.1 Å². The SMILES string of the molecule is C/C(C#N)=C1/c2ccc(Cn3c(C4CCC4)nc4ccccc43)cc2COc2cc(F)ccc21. The van der Waals surface area contributed by atoms with Gasteiger partial charge in [-0.2, -0.15) is 5.26 Å². The van der Waals surface area contributed by atoms with Crippen LogP contribution in [0.3, 0.4) is 0 Å². The van der Waals surface area contributed by atoms with Crippen molar-refractivity contribution in [2.75, 3.05) is 0 Å². The average Bonchev–Trinajstić information content (AvgIpc) is 3.07. The summed E-state index contributed by atoms with van der Waals surface area (Å²) in [5, 5.41) is 9.69. The number of para-hydroxylation sites is 2.